The summed E-state index contributed by atoms with van der Waals surface area (Å²) in [6.45, 7) is 0. The van der Waals surface area contributed by atoms with Crippen LogP contribution in [0.2, 0.25) is 0 Å². The van der Waals surface area contributed by atoms with Crippen molar-refractivity contribution >= 4 is 27.4 Å². The molecule has 8 heteroatoms. The number of carbonyl (C=O) groups is 1. The minimum absolute atomic E-state index is 0.106. The fraction of sp³-hybridized carbons (Fsp3) is 0. The van der Waals surface area contributed by atoms with E-state index in [9.17, 15) is 13.2 Å². The van der Waals surface area contributed by atoms with Gasteiger partial charge in [-0.05, 0) is 30.3 Å². The van der Waals surface area contributed by atoms with Gasteiger partial charge in [-0.2, -0.15) is 0 Å². The number of carbonyl (C=O) groups excluding carboxylic acids is 1. The Kier molecular flexibility index (Phi) is 3.57. The molecule has 0 aliphatic rings. The van der Waals surface area contributed by atoms with E-state index in [1.807, 2.05) is 0 Å². The number of primary amides is 1. The number of rotatable bonds is 4. The van der Waals surface area contributed by atoms with Crippen LogP contribution in [0.25, 0.3) is 0 Å². The van der Waals surface area contributed by atoms with E-state index in [2.05, 4.69) is 9.71 Å². The molecular formula is C12H12N4O3S. The van der Waals surface area contributed by atoms with Crippen LogP contribution < -0.4 is 16.2 Å². The second kappa shape index (κ2) is 5.17. The van der Waals surface area contributed by atoms with Gasteiger partial charge in [0.15, 0.2) is 0 Å². The summed E-state index contributed by atoms with van der Waals surface area (Å²) in [7, 11) is -3.88. The van der Waals surface area contributed by atoms with Gasteiger partial charge >= 0.3 is 0 Å². The first-order chi connectivity index (χ1) is 9.40. The largest absolute Gasteiger partial charge is 0.383 e. The Morgan fingerprint density at radius 2 is 1.95 bits per heavy atom. The average Bonchev–Trinajstić information content (AvgIpc) is 2.38. The smallest absolute Gasteiger partial charge is 0.265 e. The lowest BCUT2D eigenvalue weighted by Gasteiger charge is -2.09. The van der Waals surface area contributed by atoms with Crippen LogP contribution in [-0.4, -0.2) is 19.3 Å². The fourth-order valence-electron chi connectivity index (χ4n) is 1.58. The van der Waals surface area contributed by atoms with E-state index >= 15 is 0 Å². The number of aromatic nitrogens is 1. The van der Waals surface area contributed by atoms with Gasteiger partial charge in [0.1, 0.15) is 10.7 Å². The first-order valence-corrected chi connectivity index (χ1v) is 7.01. The Bertz CT molecular complexity index is 759. The summed E-state index contributed by atoms with van der Waals surface area (Å²) in [4.78, 5) is 14.6. The maximum atomic E-state index is 12.2. The summed E-state index contributed by atoms with van der Waals surface area (Å²) in [6, 6.07) is 8.64. The van der Waals surface area contributed by atoms with Crippen LogP contribution in [-0.2, 0) is 10.0 Å². The first kappa shape index (κ1) is 13.8. The Balaban J connectivity index is 2.36. The molecule has 1 amide bonds. The normalized spacial score (nSPS) is 11.0. The number of hydrogen-bond donors (Lipinski definition) is 3. The number of nitrogens with two attached hydrogens (primary N) is 2. The monoisotopic (exact) mass is 292 g/mol. The first-order valence-electron chi connectivity index (χ1n) is 5.53. The number of nitrogens with zero attached hydrogens (tertiary/aromatic N) is 1. The third-order valence-electron chi connectivity index (χ3n) is 2.49. The maximum absolute atomic E-state index is 12.2. The van der Waals surface area contributed by atoms with Crippen molar-refractivity contribution < 1.29 is 13.2 Å². The minimum atomic E-state index is -3.88. The van der Waals surface area contributed by atoms with Gasteiger partial charge in [-0.25, -0.2) is 13.4 Å². The third kappa shape index (κ3) is 2.86. The molecule has 1 heterocycles. The summed E-state index contributed by atoms with van der Waals surface area (Å²) >= 11 is 0. The molecule has 0 aliphatic heterocycles. The molecule has 0 bridgehead atoms. The van der Waals surface area contributed by atoms with Gasteiger partial charge in [-0.1, -0.05) is 6.07 Å². The molecule has 0 saturated heterocycles. The fourth-order valence-corrected chi connectivity index (χ4v) is 2.71. The molecule has 0 radical (unpaired) electrons. The lowest BCUT2D eigenvalue weighted by atomic mass is 10.2. The van der Waals surface area contributed by atoms with Crippen molar-refractivity contribution in [1.29, 1.82) is 0 Å². The van der Waals surface area contributed by atoms with Crippen molar-refractivity contribution in [3.8, 4) is 0 Å². The summed E-state index contributed by atoms with van der Waals surface area (Å²) < 4.78 is 26.6. The predicted octanol–water partition coefficient (Wildman–Crippen LogP) is 0.564. The molecule has 5 N–H and O–H groups in total. The number of sulfonamides is 1. The van der Waals surface area contributed by atoms with Crippen molar-refractivity contribution in [2.75, 3.05) is 10.5 Å². The summed E-state index contributed by atoms with van der Waals surface area (Å²) in [5, 5.41) is 0. The zero-order valence-corrected chi connectivity index (χ0v) is 11.1. The van der Waals surface area contributed by atoms with Gasteiger partial charge in [0.2, 0.25) is 5.91 Å². The molecule has 7 nitrogen and oxygen atoms in total. The molecule has 2 aromatic rings. The molecule has 104 valence electrons. The van der Waals surface area contributed by atoms with Crippen molar-refractivity contribution in [1.82, 2.24) is 4.98 Å². The van der Waals surface area contributed by atoms with Crippen LogP contribution in [0.3, 0.4) is 0 Å². The van der Waals surface area contributed by atoms with Gasteiger partial charge in [0.05, 0.1) is 0 Å². The number of amides is 1. The number of benzene rings is 1. The molecule has 0 fully saturated rings. The topological polar surface area (TPSA) is 128 Å². The summed E-state index contributed by atoms with van der Waals surface area (Å²) in [5.41, 5.74) is 11.1. The molecule has 0 unspecified atom stereocenters. The molecule has 0 aliphatic carbocycles. The highest BCUT2D eigenvalue weighted by molar-refractivity contribution is 7.92. The van der Waals surface area contributed by atoms with Crippen molar-refractivity contribution in [2.45, 2.75) is 4.90 Å². The Labute approximate surface area is 115 Å². The SMILES string of the molecule is NC(=O)c1cccc(NS(=O)(=O)c2cccnc2N)c1. The van der Waals surface area contributed by atoms with Crippen LogP contribution in [0, 0.1) is 0 Å². The molecule has 0 spiro atoms. The highest BCUT2D eigenvalue weighted by atomic mass is 32.2. The van der Waals surface area contributed by atoms with E-state index in [1.54, 1.807) is 0 Å². The number of anilines is 2. The molecule has 20 heavy (non-hydrogen) atoms. The number of nitrogens with one attached hydrogen (secondary N) is 1. The predicted molar refractivity (Wildman–Crippen MR) is 74.4 cm³/mol. The minimum Gasteiger partial charge on any atom is -0.383 e. The number of nitrogen functional groups attached to an aromatic ring is 1. The summed E-state index contributed by atoms with van der Waals surface area (Å²) in [6.07, 6.45) is 1.39. The lowest BCUT2D eigenvalue weighted by Crippen LogP contribution is -2.16. The lowest BCUT2D eigenvalue weighted by molar-refractivity contribution is 0.100. The van der Waals surface area contributed by atoms with Crippen LogP contribution >= 0.6 is 0 Å². The molecule has 0 saturated carbocycles. The zero-order chi connectivity index (χ0) is 14.8. The molecule has 1 aromatic heterocycles. The van der Waals surface area contributed by atoms with Crippen molar-refractivity contribution in [2.24, 2.45) is 5.73 Å². The van der Waals surface area contributed by atoms with Gasteiger partial charge in [0.25, 0.3) is 10.0 Å². The Morgan fingerprint density at radius 1 is 1.20 bits per heavy atom. The standard InChI is InChI=1S/C12H12N4O3S/c13-11-10(5-2-6-15-11)20(18,19)16-9-4-1-3-8(7-9)12(14)17/h1-7,16H,(H2,13,15)(H2,14,17). The molecule has 0 atom stereocenters. The van der Waals surface area contributed by atoms with E-state index in [4.69, 9.17) is 11.5 Å². The van der Waals surface area contributed by atoms with Crippen molar-refractivity contribution in [3.63, 3.8) is 0 Å². The van der Waals surface area contributed by atoms with Crippen molar-refractivity contribution in [3.05, 3.63) is 48.2 Å². The second-order valence-electron chi connectivity index (χ2n) is 3.94. The third-order valence-corrected chi connectivity index (χ3v) is 3.92. The highest BCUT2D eigenvalue weighted by Gasteiger charge is 2.18. The zero-order valence-electron chi connectivity index (χ0n) is 10.3. The van der Waals surface area contributed by atoms with E-state index < -0.39 is 15.9 Å². The van der Waals surface area contributed by atoms with E-state index in [0.29, 0.717) is 0 Å². The van der Waals surface area contributed by atoms with Gasteiger partial charge in [-0.3, -0.25) is 9.52 Å². The quantitative estimate of drug-likeness (QED) is 0.758. The Morgan fingerprint density at radius 3 is 2.60 bits per heavy atom. The van der Waals surface area contributed by atoms with Gasteiger partial charge < -0.3 is 11.5 Å². The molecular weight excluding hydrogens is 280 g/mol. The van der Waals surface area contributed by atoms with Crippen LogP contribution in [0.5, 0.6) is 0 Å². The highest BCUT2D eigenvalue weighted by Crippen LogP contribution is 2.20. The Hall–Kier alpha value is -2.61. The van der Waals surface area contributed by atoms with E-state index in [1.165, 1.54) is 42.6 Å². The van der Waals surface area contributed by atoms with E-state index in [-0.39, 0.29) is 22.0 Å². The van der Waals surface area contributed by atoms with Crippen LogP contribution in [0.4, 0.5) is 11.5 Å². The average molecular weight is 292 g/mol. The molecule has 2 rings (SSSR count). The molecule has 1 aromatic carbocycles. The van der Waals surface area contributed by atoms with Crippen LogP contribution in [0.1, 0.15) is 10.4 Å². The summed E-state index contributed by atoms with van der Waals surface area (Å²) in [5.74, 6) is -0.752. The van der Waals surface area contributed by atoms with Crippen LogP contribution in [0.15, 0.2) is 47.5 Å². The second-order valence-corrected chi connectivity index (χ2v) is 5.59. The number of hydrogen-bond acceptors (Lipinski definition) is 5. The van der Waals surface area contributed by atoms with Gasteiger partial charge in [0, 0.05) is 17.4 Å². The number of pyridine rings is 1. The maximum Gasteiger partial charge on any atom is 0.265 e. The van der Waals surface area contributed by atoms with E-state index in [0.717, 1.165) is 0 Å². The van der Waals surface area contributed by atoms with Gasteiger partial charge in [-0.15, -0.1) is 0 Å².